The summed E-state index contributed by atoms with van der Waals surface area (Å²) in [5.74, 6) is -0.827. The zero-order chi connectivity index (χ0) is 15.0. The molecule has 2 heterocycles. The number of urea groups is 1. The summed E-state index contributed by atoms with van der Waals surface area (Å²) in [6, 6.07) is 3.12. The third-order valence-electron chi connectivity index (χ3n) is 4.44. The van der Waals surface area contributed by atoms with E-state index in [1.165, 1.54) is 0 Å². The zero-order valence-corrected chi connectivity index (χ0v) is 11.9. The van der Waals surface area contributed by atoms with E-state index in [9.17, 15) is 14.4 Å². The number of hydrogen-bond acceptors (Lipinski definition) is 4. The number of amides is 4. The lowest BCUT2D eigenvalue weighted by Gasteiger charge is -2.44. The molecule has 1 aromatic rings. The Balaban J connectivity index is 1.89. The summed E-state index contributed by atoms with van der Waals surface area (Å²) in [6.45, 7) is 2.11. The number of rotatable bonds is 3. The van der Waals surface area contributed by atoms with Crippen molar-refractivity contribution in [3.8, 4) is 0 Å². The second-order valence-corrected chi connectivity index (χ2v) is 5.55. The lowest BCUT2D eigenvalue weighted by Crippen LogP contribution is -2.65. The van der Waals surface area contributed by atoms with Gasteiger partial charge in [-0.15, -0.1) is 0 Å². The minimum absolute atomic E-state index is 0.115. The van der Waals surface area contributed by atoms with Crippen molar-refractivity contribution in [1.29, 1.82) is 0 Å². The quantitative estimate of drug-likeness (QED) is 0.852. The van der Waals surface area contributed by atoms with Crippen LogP contribution in [-0.4, -0.2) is 27.7 Å². The van der Waals surface area contributed by atoms with Gasteiger partial charge in [0.25, 0.3) is 0 Å². The molecule has 6 nitrogen and oxygen atoms in total. The molecule has 21 heavy (non-hydrogen) atoms. The number of imide groups is 2. The van der Waals surface area contributed by atoms with E-state index in [0.29, 0.717) is 18.5 Å². The van der Waals surface area contributed by atoms with Gasteiger partial charge in [0, 0.05) is 6.20 Å². The Kier molecular flexibility index (Phi) is 3.23. The first-order valence-corrected chi connectivity index (χ1v) is 7.18. The van der Waals surface area contributed by atoms with Crippen molar-refractivity contribution in [2.45, 2.75) is 39.2 Å². The van der Waals surface area contributed by atoms with Gasteiger partial charge in [-0.3, -0.25) is 24.8 Å². The summed E-state index contributed by atoms with van der Waals surface area (Å²) >= 11 is 0. The van der Waals surface area contributed by atoms with Gasteiger partial charge in [0.05, 0.1) is 12.2 Å². The van der Waals surface area contributed by atoms with Crippen LogP contribution in [0, 0.1) is 5.41 Å². The lowest BCUT2D eigenvalue weighted by atomic mass is 9.66. The van der Waals surface area contributed by atoms with Gasteiger partial charge >= 0.3 is 6.03 Å². The highest BCUT2D eigenvalue weighted by Crippen LogP contribution is 2.44. The predicted octanol–water partition coefficient (Wildman–Crippen LogP) is 1.39. The molecule has 1 aliphatic heterocycles. The molecule has 1 aliphatic carbocycles. The molecule has 0 aromatic carbocycles. The number of carbonyl (C=O) groups excluding carboxylic acids is 3. The minimum atomic E-state index is -1.02. The fourth-order valence-corrected chi connectivity index (χ4v) is 2.93. The topological polar surface area (TPSA) is 79.4 Å². The van der Waals surface area contributed by atoms with Crippen molar-refractivity contribution in [1.82, 2.24) is 15.2 Å². The Morgan fingerprint density at radius 2 is 2.10 bits per heavy atom. The Bertz CT molecular complexity index is 622. The summed E-state index contributed by atoms with van der Waals surface area (Å²) in [5.41, 5.74) is 0.680. The summed E-state index contributed by atoms with van der Waals surface area (Å²) < 4.78 is 0. The Labute approximate surface area is 122 Å². The second kappa shape index (κ2) is 4.95. The minimum Gasteiger partial charge on any atom is -0.277 e. The monoisotopic (exact) mass is 287 g/mol. The first-order valence-electron chi connectivity index (χ1n) is 7.18. The molecule has 0 unspecified atom stereocenters. The summed E-state index contributed by atoms with van der Waals surface area (Å²) in [4.78, 5) is 41.9. The van der Waals surface area contributed by atoms with E-state index in [0.717, 1.165) is 23.3 Å². The van der Waals surface area contributed by atoms with Gasteiger partial charge in [-0.25, -0.2) is 4.79 Å². The standard InChI is InChI=1S/C15H17N3O3/c1-2-10-5-3-8-16-11(10)9-18-13(20)15(6-4-7-15)12(19)17-14(18)21/h3,5,8H,2,4,6-7,9H2,1H3,(H,17,19,21). The maximum Gasteiger partial charge on any atom is 0.331 e. The number of nitrogens with zero attached hydrogens (tertiary/aromatic N) is 2. The summed E-state index contributed by atoms with van der Waals surface area (Å²) in [7, 11) is 0. The number of nitrogens with one attached hydrogen (secondary N) is 1. The molecule has 1 spiro atoms. The van der Waals surface area contributed by atoms with Crippen LogP contribution in [0.2, 0.25) is 0 Å². The van der Waals surface area contributed by atoms with Crippen molar-refractivity contribution < 1.29 is 14.4 Å². The highest BCUT2D eigenvalue weighted by molar-refractivity contribution is 6.19. The number of barbiturate groups is 1. The molecule has 1 N–H and O–H groups in total. The van der Waals surface area contributed by atoms with Crippen LogP contribution < -0.4 is 5.32 Å². The van der Waals surface area contributed by atoms with E-state index in [4.69, 9.17) is 0 Å². The molecule has 1 aromatic heterocycles. The fourth-order valence-electron chi connectivity index (χ4n) is 2.93. The molecular weight excluding hydrogens is 270 g/mol. The molecule has 0 bridgehead atoms. The molecule has 110 valence electrons. The van der Waals surface area contributed by atoms with Gasteiger partial charge in [0.2, 0.25) is 11.8 Å². The number of aromatic nitrogens is 1. The number of hydrogen-bond donors (Lipinski definition) is 1. The molecule has 6 heteroatoms. The van der Waals surface area contributed by atoms with Gasteiger partial charge in [-0.1, -0.05) is 19.4 Å². The van der Waals surface area contributed by atoms with Crippen LogP contribution in [0.15, 0.2) is 18.3 Å². The van der Waals surface area contributed by atoms with Gasteiger partial charge in [0.15, 0.2) is 0 Å². The smallest absolute Gasteiger partial charge is 0.277 e. The lowest BCUT2D eigenvalue weighted by molar-refractivity contribution is -0.158. The molecule has 3 rings (SSSR count). The van der Waals surface area contributed by atoms with Crippen LogP contribution in [0.5, 0.6) is 0 Å². The average molecular weight is 287 g/mol. The van der Waals surface area contributed by atoms with E-state index in [2.05, 4.69) is 10.3 Å². The van der Waals surface area contributed by atoms with E-state index in [1.54, 1.807) is 6.20 Å². The van der Waals surface area contributed by atoms with Crippen LogP contribution in [0.3, 0.4) is 0 Å². The second-order valence-electron chi connectivity index (χ2n) is 5.55. The Hall–Kier alpha value is -2.24. The first kappa shape index (κ1) is 13.7. The third kappa shape index (κ3) is 2.02. The normalized spacial score (nSPS) is 20.4. The van der Waals surface area contributed by atoms with Crippen LogP contribution in [-0.2, 0) is 22.6 Å². The van der Waals surface area contributed by atoms with Gasteiger partial charge in [-0.05, 0) is 30.9 Å². The molecular formula is C15H17N3O3. The van der Waals surface area contributed by atoms with Crippen molar-refractivity contribution in [2.24, 2.45) is 5.41 Å². The maximum atomic E-state index is 12.6. The SMILES string of the molecule is CCc1cccnc1CN1C(=O)NC(=O)C2(CCC2)C1=O. The van der Waals surface area contributed by atoms with E-state index < -0.39 is 17.4 Å². The van der Waals surface area contributed by atoms with Crippen molar-refractivity contribution in [3.63, 3.8) is 0 Å². The Morgan fingerprint density at radius 3 is 2.71 bits per heavy atom. The van der Waals surface area contributed by atoms with Crippen LogP contribution in [0.25, 0.3) is 0 Å². The van der Waals surface area contributed by atoms with Gasteiger partial charge in [-0.2, -0.15) is 0 Å². The van der Waals surface area contributed by atoms with Crippen LogP contribution >= 0.6 is 0 Å². The van der Waals surface area contributed by atoms with Gasteiger partial charge in [0.1, 0.15) is 5.41 Å². The third-order valence-corrected chi connectivity index (χ3v) is 4.44. The zero-order valence-electron chi connectivity index (χ0n) is 11.9. The molecule has 4 amide bonds. The highest BCUT2D eigenvalue weighted by Gasteiger charge is 2.57. The maximum absolute atomic E-state index is 12.6. The van der Waals surface area contributed by atoms with E-state index in [-0.39, 0.29) is 12.5 Å². The van der Waals surface area contributed by atoms with Gasteiger partial charge < -0.3 is 0 Å². The molecule has 0 atom stereocenters. The molecule has 2 fully saturated rings. The largest absolute Gasteiger partial charge is 0.331 e. The van der Waals surface area contributed by atoms with Crippen LogP contribution in [0.4, 0.5) is 4.79 Å². The molecule has 2 aliphatic rings. The van der Waals surface area contributed by atoms with Crippen molar-refractivity contribution >= 4 is 17.8 Å². The molecule has 1 saturated carbocycles. The number of aryl methyl sites for hydroxylation is 1. The number of carbonyl (C=O) groups is 3. The van der Waals surface area contributed by atoms with Crippen LogP contribution in [0.1, 0.15) is 37.4 Å². The van der Waals surface area contributed by atoms with Crippen molar-refractivity contribution in [2.75, 3.05) is 0 Å². The molecule has 0 radical (unpaired) electrons. The summed E-state index contributed by atoms with van der Waals surface area (Å²) in [5, 5.41) is 2.31. The highest BCUT2D eigenvalue weighted by atomic mass is 16.2. The first-order chi connectivity index (χ1) is 10.1. The average Bonchev–Trinajstić information content (AvgIpc) is 2.42. The predicted molar refractivity (Wildman–Crippen MR) is 74.0 cm³/mol. The van der Waals surface area contributed by atoms with E-state index >= 15 is 0 Å². The summed E-state index contributed by atoms with van der Waals surface area (Å²) in [6.07, 6.45) is 4.29. The van der Waals surface area contributed by atoms with Crippen molar-refractivity contribution in [3.05, 3.63) is 29.6 Å². The fraction of sp³-hybridized carbons (Fsp3) is 0.467. The molecule has 1 saturated heterocycles. The Morgan fingerprint density at radius 1 is 1.33 bits per heavy atom. The number of pyridine rings is 1. The van der Waals surface area contributed by atoms with E-state index in [1.807, 2.05) is 19.1 Å².